The highest BCUT2D eigenvalue weighted by molar-refractivity contribution is 5.93. The molecular formula is C25H38N6O3. The molecule has 0 saturated carbocycles. The van der Waals surface area contributed by atoms with Crippen LogP contribution < -0.4 is 26.0 Å². The van der Waals surface area contributed by atoms with Crippen LogP contribution in [0.15, 0.2) is 30.3 Å². The molecule has 9 nitrogen and oxygen atoms in total. The van der Waals surface area contributed by atoms with Gasteiger partial charge in [-0.25, -0.2) is 4.98 Å². The maximum Gasteiger partial charge on any atom is 0.207 e. The molecule has 9 heteroatoms. The van der Waals surface area contributed by atoms with Crippen LogP contribution in [0.1, 0.15) is 38.7 Å². The van der Waals surface area contributed by atoms with Gasteiger partial charge in [-0.1, -0.05) is 12.1 Å². The van der Waals surface area contributed by atoms with Crippen molar-refractivity contribution in [1.82, 2.24) is 15.6 Å². The molecule has 2 rings (SSSR count). The van der Waals surface area contributed by atoms with Crippen LogP contribution in [-0.2, 0) is 4.79 Å². The zero-order valence-corrected chi connectivity index (χ0v) is 20.4. The number of carbonyl (C=O) groups is 1. The van der Waals surface area contributed by atoms with Crippen LogP contribution in [0.2, 0.25) is 0 Å². The molecule has 6 N–H and O–H groups in total. The third-order valence-electron chi connectivity index (χ3n) is 5.04. The Hall–Kier alpha value is -3.17. The molecule has 0 bridgehead atoms. The van der Waals surface area contributed by atoms with Crippen molar-refractivity contribution >= 4 is 24.1 Å². The van der Waals surface area contributed by atoms with Crippen LogP contribution in [0.25, 0.3) is 11.3 Å². The first kappa shape index (κ1) is 27.1. The molecule has 0 aliphatic heterocycles. The first-order chi connectivity index (χ1) is 16.5. The number of nitrogens with one attached hydrogen (secondary N) is 5. The van der Waals surface area contributed by atoms with E-state index in [9.17, 15) is 9.90 Å². The molecule has 1 heterocycles. The number of unbranched alkanes of at least 4 members (excludes halogenated alkanes) is 2. The second-order valence-corrected chi connectivity index (χ2v) is 8.37. The van der Waals surface area contributed by atoms with Crippen molar-refractivity contribution in [3.05, 3.63) is 35.9 Å². The molecule has 1 aromatic heterocycles. The van der Waals surface area contributed by atoms with Crippen LogP contribution in [-0.4, -0.2) is 68.1 Å². The quantitative estimate of drug-likeness (QED) is 0.119. The number of aliphatic hydroxyl groups excluding tert-OH is 1. The Morgan fingerprint density at radius 3 is 2.68 bits per heavy atom. The Labute approximate surface area is 202 Å². The summed E-state index contributed by atoms with van der Waals surface area (Å²) < 4.78 is 5.76. The Morgan fingerprint density at radius 1 is 1.18 bits per heavy atom. The van der Waals surface area contributed by atoms with Gasteiger partial charge in [-0.2, -0.15) is 0 Å². The first-order valence-corrected chi connectivity index (χ1v) is 11.8. The fraction of sp³-hybridized carbons (Fsp3) is 0.480. The van der Waals surface area contributed by atoms with E-state index in [2.05, 4.69) is 21.3 Å². The normalized spacial score (nSPS) is 11.7. The number of rotatable bonds is 17. The van der Waals surface area contributed by atoms with Gasteiger partial charge in [-0.15, -0.1) is 0 Å². The van der Waals surface area contributed by atoms with Crippen LogP contribution in [0.5, 0.6) is 5.75 Å². The Bertz CT molecular complexity index is 906. The summed E-state index contributed by atoms with van der Waals surface area (Å²) in [6, 6.07) is 9.73. The van der Waals surface area contributed by atoms with Crippen LogP contribution in [0.3, 0.4) is 0 Å². The lowest BCUT2D eigenvalue weighted by Gasteiger charge is -2.18. The van der Waals surface area contributed by atoms with E-state index in [1.54, 1.807) is 7.05 Å². The smallest absolute Gasteiger partial charge is 0.207 e. The standard InChI is InChI=1S/C25H38N6O3/c1-18(2)30-25-22(14-26)24(29-11-6-4-5-10-28-17-32)13-23(31-25)19-8-7-9-21(12-19)34-16-20(33)15-27-3/h7-9,12-14,17-18,20,26-27,33H,4-6,10-11,15-16H2,1-3H3,(H,28,32)(H2,29,30,31). The van der Waals surface area contributed by atoms with Crippen LogP contribution in [0.4, 0.5) is 11.5 Å². The molecule has 0 saturated heterocycles. The second-order valence-electron chi connectivity index (χ2n) is 8.37. The van der Waals surface area contributed by atoms with Crippen LogP contribution >= 0.6 is 0 Å². The van der Waals surface area contributed by atoms with Gasteiger partial charge in [0.2, 0.25) is 6.41 Å². The Morgan fingerprint density at radius 2 is 1.97 bits per heavy atom. The van der Waals surface area contributed by atoms with Gasteiger partial charge in [0, 0.05) is 43.1 Å². The van der Waals surface area contributed by atoms with Gasteiger partial charge in [-0.05, 0) is 58.4 Å². The number of carbonyl (C=O) groups excluding carboxylic acids is 1. The van der Waals surface area contributed by atoms with Gasteiger partial charge in [-0.3, -0.25) is 4.79 Å². The zero-order chi connectivity index (χ0) is 24.8. The number of pyridine rings is 1. The minimum absolute atomic E-state index is 0.156. The number of ether oxygens (including phenoxy) is 1. The highest BCUT2D eigenvalue weighted by Crippen LogP contribution is 2.30. The van der Waals surface area contributed by atoms with E-state index in [0.29, 0.717) is 30.2 Å². The lowest BCUT2D eigenvalue weighted by atomic mass is 10.1. The molecule has 2 aromatic rings. The zero-order valence-electron chi connectivity index (χ0n) is 20.4. The number of hydrogen-bond donors (Lipinski definition) is 6. The molecule has 0 radical (unpaired) electrons. The maximum absolute atomic E-state index is 10.3. The SMILES string of the molecule is CNCC(O)COc1cccc(-c2cc(NCCCCCNC=O)c(C=N)c(NC(C)C)n2)c1. The average molecular weight is 471 g/mol. The van der Waals surface area contributed by atoms with Crippen molar-refractivity contribution < 1.29 is 14.6 Å². The summed E-state index contributed by atoms with van der Waals surface area (Å²) in [6.07, 6.45) is 4.31. The third kappa shape index (κ3) is 8.99. The molecule has 1 aromatic carbocycles. The number of nitrogens with zero attached hydrogens (tertiary/aromatic N) is 1. The summed E-state index contributed by atoms with van der Waals surface area (Å²) in [6.45, 7) is 6.15. The third-order valence-corrected chi connectivity index (χ3v) is 5.04. The largest absolute Gasteiger partial charge is 0.491 e. The van der Waals surface area contributed by atoms with Crippen molar-refractivity contribution in [2.45, 2.75) is 45.3 Å². The lowest BCUT2D eigenvalue weighted by molar-refractivity contribution is -0.109. The topological polar surface area (TPSA) is 131 Å². The second kappa shape index (κ2) is 14.9. The van der Waals surface area contributed by atoms with Crippen molar-refractivity contribution in [2.24, 2.45) is 0 Å². The highest BCUT2D eigenvalue weighted by Gasteiger charge is 2.14. The summed E-state index contributed by atoms with van der Waals surface area (Å²) >= 11 is 0. The molecular weight excluding hydrogens is 432 g/mol. The summed E-state index contributed by atoms with van der Waals surface area (Å²) in [5.41, 5.74) is 3.19. The number of hydrogen-bond acceptors (Lipinski definition) is 8. The molecule has 0 fully saturated rings. The summed E-state index contributed by atoms with van der Waals surface area (Å²) in [5.74, 6) is 1.30. The Balaban J connectivity index is 2.22. The number of anilines is 2. The van der Waals surface area contributed by atoms with Gasteiger partial charge in [0.1, 0.15) is 24.3 Å². The number of benzene rings is 1. The molecule has 1 amide bonds. The molecule has 34 heavy (non-hydrogen) atoms. The summed E-state index contributed by atoms with van der Waals surface area (Å²) in [7, 11) is 1.78. The van der Waals surface area contributed by atoms with Gasteiger partial charge in [0.05, 0.1) is 11.3 Å². The fourth-order valence-corrected chi connectivity index (χ4v) is 3.42. The molecule has 1 atom stereocenters. The summed E-state index contributed by atoms with van der Waals surface area (Å²) in [5, 5.41) is 30.3. The van der Waals surface area contributed by atoms with E-state index in [-0.39, 0.29) is 12.6 Å². The minimum Gasteiger partial charge on any atom is -0.491 e. The Kier molecular flexibility index (Phi) is 11.8. The first-order valence-electron chi connectivity index (χ1n) is 11.8. The lowest BCUT2D eigenvalue weighted by Crippen LogP contribution is -2.29. The van der Waals surface area contributed by atoms with E-state index in [1.165, 1.54) is 6.21 Å². The van der Waals surface area contributed by atoms with Gasteiger partial charge in [0.25, 0.3) is 0 Å². The number of likely N-dealkylation sites (N-methyl/N-ethyl adjacent to an activating group) is 1. The van der Waals surface area contributed by atoms with Gasteiger partial charge >= 0.3 is 0 Å². The minimum atomic E-state index is -0.592. The van der Waals surface area contributed by atoms with Gasteiger partial charge < -0.3 is 36.5 Å². The predicted molar refractivity (Wildman–Crippen MR) is 138 cm³/mol. The maximum atomic E-state index is 10.3. The molecule has 186 valence electrons. The molecule has 0 aliphatic rings. The monoisotopic (exact) mass is 470 g/mol. The van der Waals surface area contributed by atoms with Crippen molar-refractivity contribution in [3.63, 3.8) is 0 Å². The summed E-state index contributed by atoms with van der Waals surface area (Å²) in [4.78, 5) is 15.1. The molecule has 0 aliphatic carbocycles. The van der Waals surface area contributed by atoms with Crippen molar-refractivity contribution in [1.29, 1.82) is 5.41 Å². The van der Waals surface area contributed by atoms with E-state index in [1.807, 2.05) is 44.2 Å². The van der Waals surface area contributed by atoms with E-state index < -0.39 is 6.10 Å². The number of aliphatic hydroxyl groups is 1. The van der Waals surface area contributed by atoms with E-state index >= 15 is 0 Å². The average Bonchev–Trinajstić information content (AvgIpc) is 2.82. The predicted octanol–water partition coefficient (Wildman–Crippen LogP) is 2.85. The van der Waals surface area contributed by atoms with Gasteiger partial charge in [0.15, 0.2) is 0 Å². The number of amides is 1. The highest BCUT2D eigenvalue weighted by atomic mass is 16.5. The number of aromatic nitrogens is 1. The van der Waals surface area contributed by atoms with Crippen molar-refractivity contribution in [3.8, 4) is 17.0 Å². The molecule has 1 unspecified atom stereocenters. The fourth-order valence-electron chi connectivity index (χ4n) is 3.42. The van der Waals surface area contributed by atoms with Crippen molar-refractivity contribution in [2.75, 3.05) is 43.9 Å². The molecule has 0 spiro atoms. The van der Waals surface area contributed by atoms with E-state index in [4.69, 9.17) is 15.1 Å². The van der Waals surface area contributed by atoms with Crippen LogP contribution in [0, 0.1) is 5.41 Å². The van der Waals surface area contributed by atoms with E-state index in [0.717, 1.165) is 49.2 Å².